The summed E-state index contributed by atoms with van der Waals surface area (Å²) in [7, 11) is 3.93. The van der Waals surface area contributed by atoms with E-state index in [9.17, 15) is 4.39 Å². The number of fused-ring (bicyclic) bond motifs is 2. The Morgan fingerprint density at radius 1 is 1.26 bits per heavy atom. The van der Waals surface area contributed by atoms with Gasteiger partial charge < -0.3 is 15.0 Å². The number of methoxy groups -OCH3 is 1. The van der Waals surface area contributed by atoms with Gasteiger partial charge in [-0.1, -0.05) is 13.8 Å². The number of amidine groups is 1. The Morgan fingerprint density at radius 3 is 2.74 bits per heavy atom. The van der Waals surface area contributed by atoms with Crippen LogP contribution in [0.5, 0.6) is 0 Å². The number of halogens is 3. The molecule has 31 heavy (non-hydrogen) atoms. The fraction of sp³-hybridized carbons (Fsp3) is 0.500. The third-order valence-electron chi connectivity index (χ3n) is 5.73. The van der Waals surface area contributed by atoms with E-state index >= 15 is 0 Å². The van der Waals surface area contributed by atoms with Crippen LogP contribution in [0.1, 0.15) is 36.6 Å². The molecule has 1 saturated heterocycles. The molecule has 3 heterocycles. The Bertz CT molecular complexity index is 921. The highest BCUT2D eigenvalue weighted by Gasteiger charge is 2.30. The lowest BCUT2D eigenvalue weighted by molar-refractivity contribution is 0.100. The summed E-state index contributed by atoms with van der Waals surface area (Å²) in [5, 5.41) is 4.49. The zero-order valence-electron chi connectivity index (χ0n) is 18.4. The lowest BCUT2D eigenvalue weighted by Gasteiger charge is -2.40. The number of nitrogens with one attached hydrogen (secondary N) is 1. The maximum absolute atomic E-state index is 13.9. The van der Waals surface area contributed by atoms with Gasteiger partial charge in [0.05, 0.1) is 16.9 Å². The predicted molar refractivity (Wildman–Crippen MR) is 133 cm³/mol. The molecule has 0 saturated carbocycles. The number of thiophene rings is 1. The van der Waals surface area contributed by atoms with Gasteiger partial charge in [-0.15, -0.1) is 36.2 Å². The lowest BCUT2D eigenvalue weighted by Crippen LogP contribution is -2.53. The highest BCUT2D eigenvalue weighted by molar-refractivity contribution is 7.16. The molecule has 2 aliphatic heterocycles. The molecule has 2 aliphatic rings. The molecule has 1 fully saturated rings. The number of likely N-dealkylation sites (N-methyl/N-ethyl adjacent to an activating group) is 1. The van der Waals surface area contributed by atoms with E-state index in [4.69, 9.17) is 9.73 Å². The number of aliphatic imine (C=N–C) groups is 1. The van der Waals surface area contributed by atoms with Crippen molar-refractivity contribution in [3.63, 3.8) is 0 Å². The minimum absolute atomic E-state index is 0. The molecule has 0 amide bonds. The minimum atomic E-state index is -0.253. The summed E-state index contributed by atoms with van der Waals surface area (Å²) in [6, 6.07) is 7.44. The topological polar surface area (TPSA) is 40.1 Å². The molecule has 4 rings (SSSR count). The molecule has 0 radical (unpaired) electrons. The lowest BCUT2D eigenvalue weighted by atomic mass is 10.1. The number of rotatable bonds is 4. The van der Waals surface area contributed by atoms with Crippen molar-refractivity contribution in [3.8, 4) is 0 Å². The minimum Gasteiger partial charge on any atom is -0.385 e. The normalized spacial score (nSPS) is 18.2. The van der Waals surface area contributed by atoms with Crippen molar-refractivity contribution in [2.75, 3.05) is 45.7 Å². The first kappa shape index (κ1) is 25.9. The Morgan fingerprint density at radius 2 is 2.03 bits per heavy atom. The Hall–Kier alpha value is -1.38. The Labute approximate surface area is 200 Å². The molecule has 1 aromatic carbocycles. The number of hydrogen-bond donors (Lipinski definition) is 1. The summed E-state index contributed by atoms with van der Waals surface area (Å²) in [6.45, 7) is 7.95. The summed E-state index contributed by atoms with van der Waals surface area (Å²) in [6.07, 6.45) is 0.991. The van der Waals surface area contributed by atoms with Gasteiger partial charge in [-0.25, -0.2) is 9.38 Å². The number of nitrogens with zero attached hydrogens (tertiary/aromatic N) is 3. The van der Waals surface area contributed by atoms with Crippen LogP contribution in [-0.2, 0) is 4.74 Å². The molecule has 172 valence electrons. The van der Waals surface area contributed by atoms with Crippen molar-refractivity contribution in [1.29, 1.82) is 0 Å². The fourth-order valence-corrected chi connectivity index (χ4v) is 4.97. The molecule has 0 aliphatic carbocycles. The van der Waals surface area contributed by atoms with Gasteiger partial charge in [0, 0.05) is 44.3 Å². The highest BCUT2D eigenvalue weighted by atomic mass is 35.5. The molecular formula is C22H31Cl2FN4OS. The standard InChI is InChI=1S/C22H29FN4OS.2ClH/c1-14(2)20-12-17-21(27-9-8-26(3)16(13-27)7-10-28-4)24-18-6-5-15(23)11-19(18)25-22(17)29-20;;/h5-6,11-12,14,16,25H,7-10,13H2,1-4H3;2*1H. The van der Waals surface area contributed by atoms with Crippen molar-refractivity contribution in [2.24, 2.45) is 4.99 Å². The number of anilines is 2. The summed E-state index contributed by atoms with van der Waals surface area (Å²) >= 11 is 1.74. The highest BCUT2D eigenvalue weighted by Crippen LogP contribution is 2.41. The molecule has 0 bridgehead atoms. The van der Waals surface area contributed by atoms with Crippen molar-refractivity contribution in [1.82, 2.24) is 9.80 Å². The molecule has 1 aromatic heterocycles. The van der Waals surface area contributed by atoms with Crippen molar-refractivity contribution in [3.05, 3.63) is 40.5 Å². The van der Waals surface area contributed by atoms with E-state index in [2.05, 4.69) is 42.1 Å². The molecule has 1 unspecified atom stereocenters. The van der Waals surface area contributed by atoms with E-state index in [0.717, 1.165) is 60.4 Å². The smallest absolute Gasteiger partial charge is 0.139 e. The van der Waals surface area contributed by atoms with Crippen LogP contribution in [0.3, 0.4) is 0 Å². The van der Waals surface area contributed by atoms with Gasteiger partial charge in [-0.05, 0) is 43.7 Å². The van der Waals surface area contributed by atoms with Gasteiger partial charge in [0.25, 0.3) is 0 Å². The summed E-state index contributed by atoms with van der Waals surface area (Å²) < 4.78 is 19.2. The van der Waals surface area contributed by atoms with Crippen LogP contribution >= 0.6 is 36.2 Å². The Kier molecular flexibility index (Phi) is 9.15. The van der Waals surface area contributed by atoms with Gasteiger partial charge in [0.1, 0.15) is 16.7 Å². The average molecular weight is 489 g/mol. The second-order valence-electron chi connectivity index (χ2n) is 8.13. The van der Waals surface area contributed by atoms with Crippen molar-refractivity contribution >= 4 is 58.4 Å². The van der Waals surface area contributed by atoms with Crippen LogP contribution < -0.4 is 5.32 Å². The van der Waals surface area contributed by atoms with Crippen LogP contribution in [-0.4, -0.2) is 62.1 Å². The van der Waals surface area contributed by atoms with Gasteiger partial charge in [0.2, 0.25) is 0 Å². The number of hydrogen-bond acceptors (Lipinski definition) is 6. The monoisotopic (exact) mass is 488 g/mol. The zero-order chi connectivity index (χ0) is 20.5. The third-order valence-corrected chi connectivity index (χ3v) is 7.08. The second-order valence-corrected chi connectivity index (χ2v) is 9.21. The summed E-state index contributed by atoms with van der Waals surface area (Å²) in [5.41, 5.74) is 2.62. The van der Waals surface area contributed by atoms with Crippen molar-refractivity contribution in [2.45, 2.75) is 32.2 Å². The molecule has 1 atom stereocenters. The molecule has 5 nitrogen and oxygen atoms in total. The first-order valence-electron chi connectivity index (χ1n) is 10.2. The first-order chi connectivity index (χ1) is 14.0. The second kappa shape index (κ2) is 11.0. The quantitative estimate of drug-likeness (QED) is 0.603. The third kappa shape index (κ3) is 5.52. The Balaban J connectivity index is 0.00000171. The first-order valence-corrected chi connectivity index (χ1v) is 11.0. The predicted octanol–water partition coefficient (Wildman–Crippen LogP) is 5.64. The van der Waals surface area contributed by atoms with E-state index in [1.807, 2.05) is 0 Å². The maximum Gasteiger partial charge on any atom is 0.139 e. The van der Waals surface area contributed by atoms with E-state index in [-0.39, 0.29) is 30.6 Å². The van der Waals surface area contributed by atoms with Crippen LogP contribution in [0.25, 0.3) is 0 Å². The molecule has 0 spiro atoms. The van der Waals surface area contributed by atoms with Gasteiger partial charge in [-0.2, -0.15) is 0 Å². The van der Waals surface area contributed by atoms with Crippen LogP contribution in [0.2, 0.25) is 0 Å². The summed E-state index contributed by atoms with van der Waals surface area (Å²) in [5.74, 6) is 1.16. The van der Waals surface area contributed by atoms with Gasteiger partial charge in [-0.3, -0.25) is 4.90 Å². The molecule has 1 N–H and O–H groups in total. The number of ether oxygens (including phenoxy) is 1. The molecule has 2 aromatic rings. The average Bonchev–Trinajstić information content (AvgIpc) is 3.05. The molecule has 9 heteroatoms. The SMILES string of the molecule is COCCC1CN(C2=Nc3ccc(F)cc3Nc3sc(C(C)C)cc32)CCN1C.Cl.Cl. The number of benzene rings is 1. The van der Waals surface area contributed by atoms with E-state index in [1.165, 1.54) is 17.0 Å². The number of piperazine rings is 1. The van der Waals surface area contributed by atoms with E-state index < -0.39 is 0 Å². The van der Waals surface area contributed by atoms with E-state index in [1.54, 1.807) is 24.5 Å². The van der Waals surface area contributed by atoms with Crippen LogP contribution in [0, 0.1) is 5.82 Å². The zero-order valence-corrected chi connectivity index (χ0v) is 20.8. The van der Waals surface area contributed by atoms with Crippen molar-refractivity contribution < 1.29 is 9.13 Å². The van der Waals surface area contributed by atoms with Crippen LogP contribution in [0.4, 0.5) is 20.8 Å². The largest absolute Gasteiger partial charge is 0.385 e. The summed E-state index contributed by atoms with van der Waals surface area (Å²) in [4.78, 5) is 11.1. The fourth-order valence-electron chi connectivity index (χ4n) is 3.90. The van der Waals surface area contributed by atoms with Gasteiger partial charge in [0.15, 0.2) is 0 Å². The maximum atomic E-state index is 13.9. The molecular weight excluding hydrogens is 458 g/mol. The van der Waals surface area contributed by atoms with E-state index in [0.29, 0.717) is 12.0 Å². The van der Waals surface area contributed by atoms with Crippen LogP contribution in [0.15, 0.2) is 29.3 Å². The van der Waals surface area contributed by atoms with Gasteiger partial charge >= 0.3 is 0 Å².